The highest BCUT2D eigenvalue weighted by molar-refractivity contribution is 7.22. The van der Waals surface area contributed by atoms with Crippen molar-refractivity contribution in [3.63, 3.8) is 0 Å². The average molecular weight is 404 g/mol. The monoisotopic (exact) mass is 404 g/mol. The quantitative estimate of drug-likeness (QED) is 0.633. The van der Waals surface area contributed by atoms with Crippen LogP contribution < -0.4 is 5.32 Å². The molecule has 3 heterocycles. The first kappa shape index (κ1) is 20.1. The summed E-state index contributed by atoms with van der Waals surface area (Å²) < 4.78 is 29.3. The van der Waals surface area contributed by atoms with Gasteiger partial charge in [-0.15, -0.1) is 0 Å². The highest BCUT2D eigenvalue weighted by atomic mass is 32.1. The fourth-order valence-electron chi connectivity index (χ4n) is 3.38. The Morgan fingerprint density at radius 1 is 1.29 bits per heavy atom. The molecule has 0 saturated carbocycles. The van der Waals surface area contributed by atoms with Gasteiger partial charge in [-0.2, -0.15) is 0 Å². The molecule has 1 aromatic carbocycles. The van der Waals surface area contributed by atoms with Crippen LogP contribution in [0.2, 0.25) is 0 Å². The van der Waals surface area contributed by atoms with Gasteiger partial charge in [0.05, 0.1) is 15.9 Å². The van der Waals surface area contributed by atoms with E-state index in [0.29, 0.717) is 21.0 Å². The second kappa shape index (κ2) is 7.79. The highest BCUT2D eigenvalue weighted by Gasteiger charge is 2.39. The molecule has 5 nitrogen and oxygen atoms in total. The number of anilines is 1. The number of nitrogens with one attached hydrogen (secondary N) is 1. The molecule has 1 aliphatic heterocycles. The van der Waals surface area contributed by atoms with Crippen molar-refractivity contribution in [3.8, 4) is 0 Å². The van der Waals surface area contributed by atoms with Gasteiger partial charge < -0.3 is 4.90 Å². The summed E-state index contributed by atoms with van der Waals surface area (Å²) in [5.41, 5.74) is 0.386. The number of aryl methyl sites for hydroxylation is 1. The molecule has 148 valence electrons. The summed E-state index contributed by atoms with van der Waals surface area (Å²) in [7, 11) is 0. The first-order valence-corrected chi connectivity index (χ1v) is 9.49. The van der Waals surface area contributed by atoms with Gasteiger partial charge in [0, 0.05) is 32.1 Å². The summed E-state index contributed by atoms with van der Waals surface area (Å²) in [6.07, 6.45) is 1.99. The Kier molecular flexibility index (Phi) is 5.60. The molecular formula is C20H22F2N4OS. The van der Waals surface area contributed by atoms with Crippen molar-refractivity contribution < 1.29 is 13.6 Å². The lowest BCUT2D eigenvalue weighted by molar-refractivity contribution is 0.0677. The fourth-order valence-corrected chi connectivity index (χ4v) is 4.26. The van der Waals surface area contributed by atoms with Crippen molar-refractivity contribution in [2.45, 2.75) is 32.9 Å². The lowest BCUT2D eigenvalue weighted by Crippen LogP contribution is -2.45. The molecule has 1 fully saturated rings. The van der Waals surface area contributed by atoms with E-state index < -0.39 is 5.67 Å². The van der Waals surface area contributed by atoms with Gasteiger partial charge in [-0.3, -0.25) is 10.3 Å². The van der Waals surface area contributed by atoms with E-state index in [9.17, 15) is 9.18 Å². The second-order valence-electron chi connectivity index (χ2n) is 6.68. The van der Waals surface area contributed by atoms with Crippen molar-refractivity contribution in [2.24, 2.45) is 0 Å². The van der Waals surface area contributed by atoms with Crippen LogP contribution in [0.15, 0.2) is 36.5 Å². The van der Waals surface area contributed by atoms with E-state index in [-0.39, 0.29) is 45.2 Å². The first-order chi connectivity index (χ1) is 12.9. The van der Waals surface area contributed by atoms with Crippen LogP contribution in [0.4, 0.5) is 18.7 Å². The molecule has 28 heavy (non-hydrogen) atoms. The summed E-state index contributed by atoms with van der Waals surface area (Å²) >= 11 is 1.21. The number of halogens is 2. The highest BCUT2D eigenvalue weighted by Crippen LogP contribution is 2.37. The fraction of sp³-hybridized carbons (Fsp3) is 0.350. The summed E-state index contributed by atoms with van der Waals surface area (Å²) in [5, 5.41) is 3.13. The first-order valence-electron chi connectivity index (χ1n) is 8.68. The van der Waals surface area contributed by atoms with E-state index in [1.165, 1.54) is 23.5 Å². The number of carbonyl (C=O) groups excluding carboxylic acids is 1. The Morgan fingerprint density at radius 3 is 2.75 bits per heavy atom. The van der Waals surface area contributed by atoms with Gasteiger partial charge in [-0.1, -0.05) is 24.8 Å². The maximum absolute atomic E-state index is 15.3. The minimum atomic E-state index is -1.52. The van der Waals surface area contributed by atoms with Gasteiger partial charge in [0.1, 0.15) is 5.82 Å². The molecule has 0 radical (unpaired) electrons. The number of carbonyl (C=O) groups is 1. The average Bonchev–Trinajstić information content (AvgIpc) is 3.03. The number of hydrogen-bond donors (Lipinski definition) is 1. The van der Waals surface area contributed by atoms with Crippen LogP contribution in [0.25, 0.3) is 10.2 Å². The minimum absolute atomic E-state index is 0. The van der Waals surface area contributed by atoms with Gasteiger partial charge in [0.25, 0.3) is 0 Å². The molecule has 8 heteroatoms. The summed E-state index contributed by atoms with van der Waals surface area (Å²) in [4.78, 5) is 22.6. The Balaban J connectivity index is 0.00000225. The molecule has 1 saturated heterocycles. The summed E-state index contributed by atoms with van der Waals surface area (Å²) in [6, 6.07) is 7.60. The zero-order chi connectivity index (χ0) is 19.0. The molecule has 2 aromatic heterocycles. The van der Waals surface area contributed by atoms with Gasteiger partial charge in [0.2, 0.25) is 0 Å². The summed E-state index contributed by atoms with van der Waals surface area (Å²) in [5.74, 6) is -0.343. The number of benzene rings is 1. The number of thiazole rings is 1. The smallest absolute Gasteiger partial charge is 0.323 e. The number of piperidine rings is 1. The van der Waals surface area contributed by atoms with Crippen LogP contribution in [-0.4, -0.2) is 34.0 Å². The van der Waals surface area contributed by atoms with E-state index in [1.54, 1.807) is 23.2 Å². The number of rotatable bonds is 2. The van der Waals surface area contributed by atoms with E-state index in [0.717, 1.165) is 5.56 Å². The predicted molar refractivity (Wildman–Crippen MR) is 108 cm³/mol. The number of hydrogen-bond acceptors (Lipinski definition) is 4. The largest absolute Gasteiger partial charge is 0.324 e. The van der Waals surface area contributed by atoms with Crippen molar-refractivity contribution in [1.29, 1.82) is 0 Å². The molecule has 4 rings (SSSR count). The van der Waals surface area contributed by atoms with Crippen LogP contribution in [0.5, 0.6) is 0 Å². The normalized spacial score (nSPS) is 15.9. The molecule has 0 bridgehead atoms. The predicted octanol–water partition coefficient (Wildman–Crippen LogP) is 5.27. The molecule has 0 spiro atoms. The number of nitrogens with zero attached hydrogens (tertiary/aromatic N) is 3. The van der Waals surface area contributed by atoms with Crippen LogP contribution in [0.3, 0.4) is 0 Å². The third kappa shape index (κ3) is 3.82. The van der Waals surface area contributed by atoms with Crippen molar-refractivity contribution in [3.05, 3.63) is 53.6 Å². The van der Waals surface area contributed by atoms with Crippen LogP contribution in [-0.2, 0) is 5.67 Å². The maximum Gasteiger partial charge on any atom is 0.323 e. The number of fused-ring (bicyclic) bond motifs is 1. The Hall–Kier alpha value is -2.61. The molecule has 0 aliphatic carbocycles. The number of amides is 2. The lowest BCUT2D eigenvalue weighted by atomic mass is 9.87. The second-order valence-corrected chi connectivity index (χ2v) is 7.71. The molecule has 3 aromatic rings. The topological polar surface area (TPSA) is 58.1 Å². The molecule has 0 atom stereocenters. The van der Waals surface area contributed by atoms with Gasteiger partial charge >= 0.3 is 6.03 Å². The SMILES string of the molecule is C.Cc1cccnc1C1(F)CCN(C(=O)Nc2nc3ccc(F)cc3s2)CC1. The van der Waals surface area contributed by atoms with E-state index in [4.69, 9.17) is 0 Å². The van der Waals surface area contributed by atoms with Crippen molar-refractivity contribution in [1.82, 2.24) is 14.9 Å². The molecule has 2 amide bonds. The maximum atomic E-state index is 15.3. The van der Waals surface area contributed by atoms with Crippen molar-refractivity contribution in [2.75, 3.05) is 18.4 Å². The van der Waals surface area contributed by atoms with Crippen LogP contribution in [0.1, 0.15) is 31.5 Å². The Bertz CT molecular complexity index is 999. The molecule has 0 unspecified atom stereocenters. The van der Waals surface area contributed by atoms with Crippen molar-refractivity contribution >= 4 is 32.7 Å². The summed E-state index contributed by atoms with van der Waals surface area (Å²) in [6.45, 7) is 2.43. The lowest BCUT2D eigenvalue weighted by Gasteiger charge is -2.36. The van der Waals surface area contributed by atoms with Gasteiger partial charge in [-0.05, 0) is 36.8 Å². The Labute approximate surface area is 166 Å². The number of urea groups is 1. The van der Waals surface area contributed by atoms with Crippen LogP contribution >= 0.6 is 11.3 Å². The third-order valence-corrected chi connectivity index (χ3v) is 5.77. The standard InChI is InChI=1S/C19H18F2N4OS.CH4/c1-12-3-2-8-22-16(12)19(21)6-9-25(10-7-19)18(26)24-17-23-14-5-4-13(20)11-15(14)27-17;/h2-5,8,11H,6-7,9-10H2,1H3,(H,23,24,26);1H4. The molecule has 1 aliphatic rings. The van der Waals surface area contributed by atoms with Gasteiger partial charge in [-0.25, -0.2) is 18.6 Å². The number of alkyl halides is 1. The zero-order valence-electron chi connectivity index (χ0n) is 14.7. The van der Waals surface area contributed by atoms with E-state index in [2.05, 4.69) is 15.3 Å². The molecule has 1 N–H and O–H groups in total. The minimum Gasteiger partial charge on any atom is -0.324 e. The van der Waals surface area contributed by atoms with E-state index in [1.807, 2.05) is 13.0 Å². The third-order valence-electron chi connectivity index (χ3n) is 4.84. The van der Waals surface area contributed by atoms with Gasteiger partial charge in [0.15, 0.2) is 10.8 Å². The van der Waals surface area contributed by atoms with E-state index >= 15 is 4.39 Å². The molecular weight excluding hydrogens is 382 g/mol. The Morgan fingerprint density at radius 2 is 2.04 bits per heavy atom. The van der Waals surface area contributed by atoms with Crippen LogP contribution in [0, 0.1) is 12.7 Å². The number of pyridine rings is 1. The zero-order valence-corrected chi connectivity index (χ0v) is 15.5. The number of likely N-dealkylation sites (tertiary alicyclic amines) is 1. The number of aromatic nitrogens is 2.